The Labute approximate surface area is 83.3 Å². The third kappa shape index (κ3) is 2.48. The van der Waals surface area contributed by atoms with Gasteiger partial charge < -0.3 is 10.2 Å². The highest BCUT2D eigenvalue weighted by Gasteiger charge is 1.98. The lowest BCUT2D eigenvalue weighted by Gasteiger charge is -2.04. The quantitative estimate of drug-likeness (QED) is 0.573. The molecule has 0 aliphatic heterocycles. The van der Waals surface area contributed by atoms with Gasteiger partial charge in [-0.3, -0.25) is 5.84 Å². The maximum Gasteiger partial charge on any atom is 0.121 e. The van der Waals surface area contributed by atoms with Gasteiger partial charge in [0.1, 0.15) is 5.75 Å². The lowest BCUT2D eigenvalue weighted by Crippen LogP contribution is -2.07. The van der Waals surface area contributed by atoms with Crippen LogP contribution in [0.3, 0.4) is 0 Å². The second-order valence-electron chi connectivity index (χ2n) is 1.99. The number of hydrazine groups is 1. The predicted molar refractivity (Wildman–Crippen MR) is 56.2 cm³/mol. The summed E-state index contributed by atoms with van der Waals surface area (Å²) in [6.07, 6.45) is 0. The molecule has 1 rings (SSSR count). The van der Waals surface area contributed by atoms with Gasteiger partial charge in [0.05, 0.1) is 17.8 Å². The van der Waals surface area contributed by atoms with E-state index in [1.54, 1.807) is 25.3 Å². The van der Waals surface area contributed by atoms with E-state index in [2.05, 4.69) is 5.43 Å². The molecule has 0 aliphatic carbocycles. The topological polar surface area (TPSA) is 47.3 Å². The van der Waals surface area contributed by atoms with Gasteiger partial charge in [-0.1, -0.05) is 11.6 Å². The van der Waals surface area contributed by atoms with Crippen LogP contribution in [0.15, 0.2) is 18.2 Å². The van der Waals surface area contributed by atoms with Crippen LogP contribution < -0.4 is 16.0 Å². The maximum atomic E-state index is 5.76. The Kier molecular flexibility index (Phi) is 4.89. The normalized spacial score (nSPS) is 8.58. The van der Waals surface area contributed by atoms with E-state index < -0.39 is 0 Å². The van der Waals surface area contributed by atoms with E-state index in [-0.39, 0.29) is 13.5 Å². The molecular formula is C7H11ClN2OS. The molecule has 0 saturated heterocycles. The average Bonchev–Trinajstić information content (AvgIpc) is 2.05. The van der Waals surface area contributed by atoms with Crippen LogP contribution in [0.25, 0.3) is 0 Å². The predicted octanol–water partition coefficient (Wildman–Crippen LogP) is 1.75. The molecule has 3 N–H and O–H groups in total. The zero-order valence-corrected chi connectivity index (χ0v) is 8.35. The molecule has 0 aliphatic rings. The number of rotatable bonds is 2. The van der Waals surface area contributed by atoms with E-state index in [0.29, 0.717) is 10.7 Å². The van der Waals surface area contributed by atoms with Crippen molar-refractivity contribution < 1.29 is 4.74 Å². The SMILES string of the molecule is COc1ccc(Cl)c(NN)c1.S. The molecule has 1 aromatic carbocycles. The molecule has 1 aromatic rings. The number of hydrogen-bond acceptors (Lipinski definition) is 3. The van der Waals surface area contributed by atoms with Crippen LogP contribution >= 0.6 is 25.1 Å². The van der Waals surface area contributed by atoms with Crippen LogP contribution in [0.1, 0.15) is 0 Å². The first-order valence-corrected chi connectivity index (χ1v) is 3.46. The summed E-state index contributed by atoms with van der Waals surface area (Å²) in [5.41, 5.74) is 3.12. The number of anilines is 1. The molecule has 5 heteroatoms. The lowest BCUT2D eigenvalue weighted by molar-refractivity contribution is 0.415. The first-order valence-electron chi connectivity index (χ1n) is 3.08. The van der Waals surface area contributed by atoms with Crippen molar-refractivity contribution in [2.75, 3.05) is 12.5 Å². The van der Waals surface area contributed by atoms with Crippen molar-refractivity contribution in [3.8, 4) is 5.75 Å². The number of halogens is 1. The third-order valence-electron chi connectivity index (χ3n) is 1.33. The summed E-state index contributed by atoms with van der Waals surface area (Å²) in [4.78, 5) is 0. The minimum absolute atomic E-state index is 0. The highest BCUT2D eigenvalue weighted by molar-refractivity contribution is 7.59. The Morgan fingerprint density at radius 2 is 2.17 bits per heavy atom. The molecule has 0 unspecified atom stereocenters. The van der Waals surface area contributed by atoms with E-state index in [1.165, 1.54) is 0 Å². The first kappa shape index (κ1) is 11.4. The minimum Gasteiger partial charge on any atom is -0.497 e. The molecule has 0 spiro atoms. The van der Waals surface area contributed by atoms with E-state index in [4.69, 9.17) is 22.2 Å². The molecule has 0 radical (unpaired) electrons. The number of nitrogens with two attached hydrogens (primary N) is 1. The Morgan fingerprint density at radius 1 is 1.50 bits per heavy atom. The fourth-order valence-corrected chi connectivity index (χ4v) is 0.914. The van der Waals surface area contributed by atoms with Crippen LogP contribution in [0.2, 0.25) is 5.02 Å². The monoisotopic (exact) mass is 206 g/mol. The van der Waals surface area contributed by atoms with Gasteiger partial charge in [0, 0.05) is 6.07 Å². The van der Waals surface area contributed by atoms with Crippen molar-refractivity contribution in [1.82, 2.24) is 0 Å². The minimum atomic E-state index is 0. The fourth-order valence-electron chi connectivity index (χ4n) is 0.742. The summed E-state index contributed by atoms with van der Waals surface area (Å²) in [6.45, 7) is 0. The number of nitrogen functional groups attached to an aromatic ring is 1. The molecule has 0 heterocycles. The van der Waals surface area contributed by atoms with Crippen LogP contribution in [0, 0.1) is 0 Å². The smallest absolute Gasteiger partial charge is 0.121 e. The lowest BCUT2D eigenvalue weighted by atomic mass is 10.3. The summed E-state index contributed by atoms with van der Waals surface area (Å²) >= 11 is 5.76. The Balaban J connectivity index is 0.00000121. The fraction of sp³-hybridized carbons (Fsp3) is 0.143. The molecule has 0 atom stereocenters. The van der Waals surface area contributed by atoms with Gasteiger partial charge in [0.15, 0.2) is 0 Å². The zero-order chi connectivity index (χ0) is 8.27. The number of hydrogen-bond donors (Lipinski definition) is 2. The van der Waals surface area contributed by atoms with Crippen LogP contribution in [-0.2, 0) is 0 Å². The molecule has 0 saturated carbocycles. The van der Waals surface area contributed by atoms with Gasteiger partial charge in [-0.25, -0.2) is 0 Å². The van der Waals surface area contributed by atoms with Crippen molar-refractivity contribution in [2.45, 2.75) is 0 Å². The Morgan fingerprint density at radius 3 is 2.67 bits per heavy atom. The number of ether oxygens (including phenoxy) is 1. The maximum absolute atomic E-state index is 5.76. The Bertz CT molecular complexity index is 257. The number of nitrogens with one attached hydrogen (secondary N) is 1. The van der Waals surface area contributed by atoms with Crippen molar-refractivity contribution in [3.05, 3.63) is 23.2 Å². The zero-order valence-electron chi connectivity index (χ0n) is 6.60. The standard InChI is InChI=1S/C7H9ClN2O.H2S/c1-11-5-2-3-6(8)7(4-5)10-9;/h2-4,10H,9H2,1H3;1H2. The van der Waals surface area contributed by atoms with Gasteiger partial charge in [0.25, 0.3) is 0 Å². The van der Waals surface area contributed by atoms with Crippen molar-refractivity contribution >= 4 is 30.8 Å². The highest BCUT2D eigenvalue weighted by atomic mass is 35.5. The second kappa shape index (κ2) is 5.13. The Hall–Kier alpha value is -0.580. The summed E-state index contributed by atoms with van der Waals surface area (Å²) in [5.74, 6) is 5.91. The van der Waals surface area contributed by atoms with Gasteiger partial charge >= 0.3 is 0 Å². The number of benzene rings is 1. The van der Waals surface area contributed by atoms with E-state index in [0.717, 1.165) is 5.75 Å². The first-order chi connectivity index (χ1) is 5.27. The summed E-state index contributed by atoms with van der Waals surface area (Å²) in [5, 5.41) is 0.577. The third-order valence-corrected chi connectivity index (χ3v) is 1.66. The summed E-state index contributed by atoms with van der Waals surface area (Å²) in [7, 11) is 1.59. The molecule has 0 fully saturated rings. The summed E-state index contributed by atoms with van der Waals surface area (Å²) < 4.78 is 4.96. The molecule has 3 nitrogen and oxygen atoms in total. The van der Waals surface area contributed by atoms with E-state index in [1.807, 2.05) is 0 Å². The van der Waals surface area contributed by atoms with Crippen molar-refractivity contribution in [3.63, 3.8) is 0 Å². The highest BCUT2D eigenvalue weighted by Crippen LogP contribution is 2.25. The molecular weight excluding hydrogens is 196 g/mol. The molecule has 12 heavy (non-hydrogen) atoms. The van der Waals surface area contributed by atoms with E-state index >= 15 is 0 Å². The molecule has 0 aromatic heterocycles. The van der Waals surface area contributed by atoms with Crippen LogP contribution in [0.5, 0.6) is 5.75 Å². The average molecular weight is 207 g/mol. The number of methoxy groups -OCH3 is 1. The van der Waals surface area contributed by atoms with Crippen molar-refractivity contribution in [2.24, 2.45) is 5.84 Å². The molecule has 0 amide bonds. The van der Waals surface area contributed by atoms with Gasteiger partial charge in [-0.15, -0.1) is 0 Å². The van der Waals surface area contributed by atoms with Crippen LogP contribution in [0.4, 0.5) is 5.69 Å². The van der Waals surface area contributed by atoms with Crippen LogP contribution in [-0.4, -0.2) is 7.11 Å². The molecule has 0 bridgehead atoms. The summed E-state index contributed by atoms with van der Waals surface area (Å²) in [6, 6.07) is 5.21. The van der Waals surface area contributed by atoms with Gasteiger partial charge in [0.2, 0.25) is 0 Å². The van der Waals surface area contributed by atoms with Gasteiger partial charge in [-0.2, -0.15) is 13.5 Å². The van der Waals surface area contributed by atoms with E-state index in [9.17, 15) is 0 Å². The van der Waals surface area contributed by atoms with Crippen molar-refractivity contribution in [1.29, 1.82) is 0 Å². The largest absolute Gasteiger partial charge is 0.497 e. The second-order valence-corrected chi connectivity index (χ2v) is 2.40. The molecule has 68 valence electrons. The van der Waals surface area contributed by atoms with Gasteiger partial charge in [-0.05, 0) is 12.1 Å².